The Morgan fingerprint density at radius 2 is 0.928 bits per heavy atom. The molecule has 0 aliphatic heterocycles. The first kappa shape index (κ1) is 71.2. The molecule has 0 aromatic heterocycles. The van der Waals surface area contributed by atoms with E-state index in [-0.39, 0.29) is 17.7 Å². The molecule has 0 bridgehead atoms. The quantitative estimate of drug-likeness (QED) is 0.110. The standard InChI is InChI=1S/C10H12O2.C10H12.C9H13N.C9H10O2.C9H10O.C8H11N.C8H10O2S.C8H10OS/c1-3-12-10(11)9-7-5-4-6-8(9)2;1-8-4-2-3-5-10(8)9-6-7-9;1-8-6-4-5-7-9(8)10(2)3;1-7-5-3-4-6-8(7)9(10)11-2;1-7-5-3-4-6-9(7)8(2)10;1-7-5-3-4-6-8(7)9-2;1-7-5-3-4-6-8(7)11(2,9)10;1-7-5-3-4-6-8(7)10(2)9/h4-7H,3H2,1-2H3;2-5,9H,6-7H2,1H3;4-7H,1-3H3;3-6H,1-2H3;3-6H,1-2H3;3-6,9H,1-2H3;3-6H,1-2H3;3-6H,1-2H3. The van der Waals surface area contributed by atoms with Crippen molar-refractivity contribution in [3.63, 3.8) is 0 Å². The lowest BCUT2D eigenvalue weighted by atomic mass is 10.1. The number of methoxy groups -OCH3 is 1. The van der Waals surface area contributed by atoms with E-state index in [4.69, 9.17) is 4.74 Å². The van der Waals surface area contributed by atoms with Crippen molar-refractivity contribution in [2.75, 3.05) is 57.6 Å². The van der Waals surface area contributed by atoms with Gasteiger partial charge in [0.15, 0.2) is 15.6 Å². The smallest absolute Gasteiger partial charge is 0.338 e. The molecule has 8 aromatic rings. The Bertz CT molecular complexity index is 3300. The molecule has 83 heavy (non-hydrogen) atoms. The molecule has 0 amide bonds. The minimum Gasteiger partial charge on any atom is -0.465 e. The fraction of sp³-hybridized carbons (Fsp3) is 0.282. The van der Waals surface area contributed by atoms with Gasteiger partial charge in [0.25, 0.3) is 0 Å². The first-order chi connectivity index (χ1) is 39.4. The van der Waals surface area contributed by atoms with Crippen molar-refractivity contribution in [1.29, 1.82) is 0 Å². The van der Waals surface area contributed by atoms with E-state index in [1.54, 1.807) is 62.9 Å². The third-order valence-electron chi connectivity index (χ3n) is 12.8. The molecule has 12 heteroatoms. The van der Waals surface area contributed by atoms with Gasteiger partial charge in [0.1, 0.15) is 0 Å². The SMILES string of the molecule is CC(=O)c1ccccc1C.CCOC(=O)c1ccccc1C.CNc1ccccc1C.COC(=O)c1ccccc1C.Cc1ccccc1C1CC1.Cc1ccccc1N(C)C.Cc1ccccc1S(C)(=O)=O.Cc1ccccc1S(C)=O. The predicted molar refractivity (Wildman–Crippen MR) is 348 cm³/mol. The summed E-state index contributed by atoms with van der Waals surface area (Å²) in [5.41, 5.74) is 15.1. The van der Waals surface area contributed by atoms with Gasteiger partial charge < -0.3 is 19.7 Å². The van der Waals surface area contributed by atoms with Crippen molar-refractivity contribution in [3.8, 4) is 0 Å². The van der Waals surface area contributed by atoms with Crippen LogP contribution in [0.2, 0.25) is 0 Å². The lowest BCUT2D eigenvalue weighted by Crippen LogP contribution is -2.09. The number of carbonyl (C=O) groups is 3. The number of nitrogens with one attached hydrogen (secondary N) is 1. The highest BCUT2D eigenvalue weighted by Crippen LogP contribution is 2.41. The minimum absolute atomic E-state index is 0.137. The van der Waals surface area contributed by atoms with Crippen LogP contribution in [0.15, 0.2) is 204 Å². The van der Waals surface area contributed by atoms with E-state index < -0.39 is 20.6 Å². The number of nitrogens with zero attached hydrogens (tertiary/aromatic N) is 1. The van der Waals surface area contributed by atoms with Crippen LogP contribution in [-0.4, -0.2) is 77.7 Å². The third-order valence-corrected chi connectivity index (χ3v) is 15.2. The van der Waals surface area contributed by atoms with Crippen LogP contribution in [0, 0.1) is 55.4 Å². The number of rotatable bonds is 9. The fourth-order valence-corrected chi connectivity index (χ4v) is 9.87. The number of ether oxygens (including phenoxy) is 2. The Hall–Kier alpha value is -7.93. The lowest BCUT2D eigenvalue weighted by Gasteiger charge is -2.14. The van der Waals surface area contributed by atoms with Gasteiger partial charge in [-0.15, -0.1) is 0 Å². The molecule has 10 nitrogen and oxygen atoms in total. The summed E-state index contributed by atoms with van der Waals surface area (Å²) in [6, 6.07) is 62.3. The van der Waals surface area contributed by atoms with Gasteiger partial charge in [0.05, 0.1) is 40.5 Å². The third kappa shape index (κ3) is 26.7. The van der Waals surface area contributed by atoms with Crippen LogP contribution in [0.3, 0.4) is 0 Å². The molecule has 1 saturated carbocycles. The summed E-state index contributed by atoms with van der Waals surface area (Å²) in [6.07, 6.45) is 5.73. The maximum atomic E-state index is 11.2. The summed E-state index contributed by atoms with van der Waals surface area (Å²) in [5, 5.41) is 3.10. The summed E-state index contributed by atoms with van der Waals surface area (Å²) in [7, 11) is 3.56. The molecule has 1 fully saturated rings. The van der Waals surface area contributed by atoms with Crippen molar-refractivity contribution in [2.24, 2.45) is 0 Å². The molecule has 0 heterocycles. The van der Waals surface area contributed by atoms with Gasteiger partial charge in [-0.1, -0.05) is 158 Å². The fourth-order valence-electron chi connectivity index (χ4n) is 8.10. The average molecular weight is 1160 g/mol. The van der Waals surface area contributed by atoms with Crippen molar-refractivity contribution >= 4 is 49.7 Å². The van der Waals surface area contributed by atoms with Gasteiger partial charge in [-0.3, -0.25) is 9.00 Å². The topological polar surface area (TPSA) is 136 Å². The van der Waals surface area contributed by atoms with Crippen molar-refractivity contribution in [2.45, 2.75) is 97.8 Å². The molecule has 1 unspecified atom stereocenters. The van der Waals surface area contributed by atoms with E-state index in [1.165, 1.54) is 54.3 Å². The van der Waals surface area contributed by atoms with E-state index in [2.05, 4.69) is 110 Å². The first-order valence-corrected chi connectivity index (χ1v) is 30.9. The summed E-state index contributed by atoms with van der Waals surface area (Å²) < 4.78 is 42.5. The second kappa shape index (κ2) is 38.0. The minimum atomic E-state index is -3.03. The second-order valence-electron chi connectivity index (χ2n) is 19.8. The Labute approximate surface area is 499 Å². The molecule has 442 valence electrons. The largest absolute Gasteiger partial charge is 0.465 e. The zero-order valence-corrected chi connectivity index (χ0v) is 53.3. The predicted octanol–water partition coefficient (Wildman–Crippen LogP) is 16.3. The van der Waals surface area contributed by atoms with E-state index in [0.29, 0.717) is 22.6 Å². The van der Waals surface area contributed by atoms with Crippen molar-refractivity contribution in [1.82, 2.24) is 0 Å². The lowest BCUT2D eigenvalue weighted by molar-refractivity contribution is 0.0524. The summed E-state index contributed by atoms with van der Waals surface area (Å²) >= 11 is 0. The van der Waals surface area contributed by atoms with E-state index in [0.717, 1.165) is 44.2 Å². The molecule has 1 atom stereocenters. The molecule has 8 aromatic carbocycles. The maximum absolute atomic E-state index is 11.2. The number of esters is 2. The van der Waals surface area contributed by atoms with Crippen LogP contribution >= 0.6 is 0 Å². The second-order valence-corrected chi connectivity index (χ2v) is 23.2. The van der Waals surface area contributed by atoms with Crippen molar-refractivity contribution < 1.29 is 36.5 Å². The number of sulfone groups is 1. The molecule has 1 aliphatic carbocycles. The molecular formula is C71H88N2O8S2. The molecule has 9 rings (SSSR count). The van der Waals surface area contributed by atoms with Gasteiger partial charge >= 0.3 is 11.9 Å². The number of benzene rings is 8. The van der Waals surface area contributed by atoms with Gasteiger partial charge in [-0.05, 0) is 174 Å². The number of ketones is 1. The van der Waals surface area contributed by atoms with Gasteiger partial charge in [-0.2, -0.15) is 0 Å². The summed E-state index contributed by atoms with van der Waals surface area (Å²) in [4.78, 5) is 36.6. The Balaban J connectivity index is 0.000000324. The van der Waals surface area contributed by atoms with Gasteiger partial charge in [0.2, 0.25) is 0 Å². The van der Waals surface area contributed by atoms with Crippen LogP contribution in [0.25, 0.3) is 0 Å². The maximum Gasteiger partial charge on any atom is 0.338 e. The van der Waals surface area contributed by atoms with Crippen molar-refractivity contribution in [3.05, 3.63) is 261 Å². The van der Waals surface area contributed by atoms with Crippen LogP contribution in [0.1, 0.15) is 114 Å². The molecule has 0 spiro atoms. The van der Waals surface area contributed by atoms with E-state index in [1.807, 2.05) is 138 Å². The summed E-state index contributed by atoms with van der Waals surface area (Å²) in [5.74, 6) is 0.526. The zero-order valence-electron chi connectivity index (χ0n) is 51.7. The van der Waals surface area contributed by atoms with Crippen LogP contribution in [0.4, 0.5) is 11.4 Å². The van der Waals surface area contributed by atoms with Crippen LogP contribution in [-0.2, 0) is 30.1 Å². The van der Waals surface area contributed by atoms with Gasteiger partial charge in [-0.25, -0.2) is 18.0 Å². The average Bonchev–Trinajstić information content (AvgIpc) is 4.44. The summed E-state index contributed by atoms with van der Waals surface area (Å²) in [6.45, 7) is 19.7. The number of hydrogen-bond acceptors (Lipinski definition) is 10. The highest BCUT2D eigenvalue weighted by molar-refractivity contribution is 7.90. The first-order valence-electron chi connectivity index (χ1n) is 27.5. The molecule has 0 radical (unpaired) electrons. The number of Topliss-reactive ketones (excluding diaryl/α,β-unsaturated/α-hetero) is 1. The highest BCUT2D eigenvalue weighted by atomic mass is 32.2. The zero-order chi connectivity index (χ0) is 62.1. The molecular weight excluding hydrogens is 1070 g/mol. The van der Waals surface area contributed by atoms with Crippen LogP contribution in [0.5, 0.6) is 0 Å². The molecule has 1 N–H and O–H groups in total. The Kier molecular flexibility index (Phi) is 32.6. The normalized spacial score (nSPS) is 11.0. The van der Waals surface area contributed by atoms with Crippen LogP contribution < -0.4 is 10.2 Å². The molecule has 1 aliphatic rings. The van der Waals surface area contributed by atoms with Gasteiger partial charge in [0, 0.05) is 55.5 Å². The van der Waals surface area contributed by atoms with E-state index in [9.17, 15) is 27.0 Å². The number of hydrogen-bond donors (Lipinski definition) is 1. The number of carbonyl (C=O) groups excluding carboxylic acids is 3. The Morgan fingerprint density at radius 1 is 0.530 bits per heavy atom. The number of anilines is 2. The monoisotopic (exact) mass is 1160 g/mol. The Morgan fingerprint density at radius 3 is 1.25 bits per heavy atom. The number of aryl methyl sites for hydroxylation is 8. The highest BCUT2D eigenvalue weighted by Gasteiger charge is 2.24. The van der Waals surface area contributed by atoms with E-state index >= 15 is 0 Å². The number of para-hydroxylation sites is 2. The molecule has 0 saturated heterocycles.